The summed E-state index contributed by atoms with van der Waals surface area (Å²) < 4.78 is 10.5. The van der Waals surface area contributed by atoms with Crippen molar-refractivity contribution in [2.45, 2.75) is 5.75 Å². The van der Waals surface area contributed by atoms with E-state index < -0.39 is 0 Å². The summed E-state index contributed by atoms with van der Waals surface area (Å²) in [6.07, 6.45) is 1.73. The topological polar surface area (TPSA) is 74.9 Å². The molecular formula is C26H20ClN3O3S. The van der Waals surface area contributed by atoms with Crippen molar-refractivity contribution < 1.29 is 14.3 Å². The van der Waals surface area contributed by atoms with Crippen LogP contribution in [0.4, 0.5) is 5.69 Å². The molecule has 4 rings (SSSR count). The zero-order valence-corrected chi connectivity index (χ0v) is 20.1. The number of amidine groups is 1. The van der Waals surface area contributed by atoms with Gasteiger partial charge < -0.3 is 9.47 Å². The van der Waals surface area contributed by atoms with E-state index in [1.165, 1.54) is 23.8 Å². The van der Waals surface area contributed by atoms with Crippen molar-refractivity contribution in [2.75, 3.05) is 19.1 Å². The van der Waals surface area contributed by atoms with Crippen LogP contribution in [-0.2, 0) is 10.5 Å². The van der Waals surface area contributed by atoms with Gasteiger partial charge in [-0.05, 0) is 47.5 Å². The fraction of sp³-hybridized carbons (Fsp3) is 0.115. The third-order valence-electron chi connectivity index (χ3n) is 5.14. The molecule has 0 saturated carbocycles. The van der Waals surface area contributed by atoms with Crippen molar-refractivity contribution in [1.29, 1.82) is 5.26 Å². The molecule has 1 aliphatic heterocycles. The molecule has 170 valence electrons. The zero-order chi connectivity index (χ0) is 24.1. The van der Waals surface area contributed by atoms with Gasteiger partial charge in [0.25, 0.3) is 5.91 Å². The summed E-state index contributed by atoms with van der Waals surface area (Å²) in [5, 5.41) is 10.4. The van der Waals surface area contributed by atoms with Crippen LogP contribution < -0.4 is 14.4 Å². The predicted molar refractivity (Wildman–Crippen MR) is 136 cm³/mol. The molecule has 0 aromatic heterocycles. The Morgan fingerprint density at radius 2 is 1.85 bits per heavy atom. The Balaban J connectivity index is 1.70. The lowest BCUT2D eigenvalue weighted by Gasteiger charge is -2.19. The summed E-state index contributed by atoms with van der Waals surface area (Å²) in [6.45, 7) is 0. The summed E-state index contributed by atoms with van der Waals surface area (Å²) in [4.78, 5) is 19.6. The largest absolute Gasteiger partial charge is 0.497 e. The molecule has 0 spiro atoms. The normalized spacial score (nSPS) is 14.2. The molecule has 0 N–H and O–H groups in total. The van der Waals surface area contributed by atoms with E-state index in [1.54, 1.807) is 37.5 Å². The van der Waals surface area contributed by atoms with Crippen LogP contribution in [0.1, 0.15) is 16.7 Å². The lowest BCUT2D eigenvalue weighted by molar-refractivity contribution is -0.113. The lowest BCUT2D eigenvalue weighted by Crippen LogP contribution is -2.30. The maximum atomic E-state index is 13.4. The van der Waals surface area contributed by atoms with Gasteiger partial charge in [0.1, 0.15) is 17.2 Å². The molecular weight excluding hydrogens is 470 g/mol. The number of carbonyl (C=O) groups is 1. The molecule has 1 heterocycles. The van der Waals surface area contributed by atoms with Gasteiger partial charge in [-0.15, -0.1) is 0 Å². The standard InChI is InChI=1S/C26H20ClN3O3S/c1-32-21-10-7-17(8-11-21)13-23-25(31)30(20-9-12-22(27)24(14-20)33-2)26(29-23)34-16-19-6-4-3-5-18(19)15-28/h3-14H,16H2,1-2H3. The predicted octanol–water partition coefficient (Wildman–Crippen LogP) is 5.91. The van der Waals surface area contributed by atoms with Gasteiger partial charge in [0.15, 0.2) is 5.17 Å². The van der Waals surface area contributed by atoms with E-state index in [1.807, 2.05) is 42.5 Å². The van der Waals surface area contributed by atoms with Crippen LogP contribution in [0.2, 0.25) is 5.02 Å². The Hall–Kier alpha value is -3.73. The van der Waals surface area contributed by atoms with Crippen molar-refractivity contribution in [2.24, 2.45) is 4.99 Å². The molecule has 6 nitrogen and oxygen atoms in total. The van der Waals surface area contributed by atoms with Crippen LogP contribution >= 0.6 is 23.4 Å². The molecule has 0 radical (unpaired) electrons. The monoisotopic (exact) mass is 489 g/mol. The molecule has 34 heavy (non-hydrogen) atoms. The van der Waals surface area contributed by atoms with Crippen LogP contribution in [0.5, 0.6) is 11.5 Å². The second-order valence-electron chi connectivity index (χ2n) is 7.21. The number of nitrogens with zero attached hydrogens (tertiary/aromatic N) is 3. The maximum absolute atomic E-state index is 13.4. The first-order valence-electron chi connectivity index (χ1n) is 10.3. The Labute approximate surface area is 207 Å². The van der Waals surface area contributed by atoms with Gasteiger partial charge >= 0.3 is 0 Å². The average Bonchev–Trinajstić information content (AvgIpc) is 3.18. The first-order chi connectivity index (χ1) is 16.5. The van der Waals surface area contributed by atoms with Crippen molar-refractivity contribution in [3.8, 4) is 17.6 Å². The minimum Gasteiger partial charge on any atom is -0.497 e. The molecule has 0 unspecified atom stereocenters. The molecule has 0 fully saturated rings. The van der Waals surface area contributed by atoms with Gasteiger partial charge in [0, 0.05) is 11.8 Å². The van der Waals surface area contributed by atoms with Crippen molar-refractivity contribution in [3.05, 3.63) is 94.1 Å². The van der Waals surface area contributed by atoms with Gasteiger partial charge in [0.2, 0.25) is 0 Å². The first kappa shape index (κ1) is 23.4. The van der Waals surface area contributed by atoms with Crippen molar-refractivity contribution in [3.63, 3.8) is 0 Å². The van der Waals surface area contributed by atoms with Gasteiger partial charge in [-0.1, -0.05) is 53.7 Å². The summed E-state index contributed by atoms with van der Waals surface area (Å²) in [7, 11) is 3.12. The number of nitriles is 1. The number of hydrogen-bond donors (Lipinski definition) is 0. The highest BCUT2D eigenvalue weighted by atomic mass is 35.5. The number of methoxy groups -OCH3 is 2. The quantitative estimate of drug-likeness (QED) is 0.402. The van der Waals surface area contributed by atoms with E-state index in [0.29, 0.717) is 38.6 Å². The number of halogens is 1. The summed E-state index contributed by atoms with van der Waals surface area (Å²) in [5.74, 6) is 1.40. The fourth-order valence-electron chi connectivity index (χ4n) is 3.36. The Kier molecular flexibility index (Phi) is 7.21. The van der Waals surface area contributed by atoms with E-state index in [4.69, 9.17) is 21.1 Å². The van der Waals surface area contributed by atoms with E-state index in [9.17, 15) is 10.1 Å². The second-order valence-corrected chi connectivity index (χ2v) is 8.56. The number of thioether (sulfide) groups is 1. The van der Waals surface area contributed by atoms with Crippen LogP contribution in [0.3, 0.4) is 0 Å². The number of carbonyl (C=O) groups excluding carboxylic acids is 1. The van der Waals surface area contributed by atoms with Gasteiger partial charge in [0.05, 0.1) is 36.6 Å². The highest BCUT2D eigenvalue weighted by Crippen LogP contribution is 2.35. The Morgan fingerprint density at radius 3 is 2.56 bits per heavy atom. The Morgan fingerprint density at radius 1 is 1.09 bits per heavy atom. The summed E-state index contributed by atoms with van der Waals surface area (Å²) >= 11 is 7.58. The van der Waals surface area contributed by atoms with E-state index >= 15 is 0 Å². The van der Waals surface area contributed by atoms with Gasteiger partial charge in [-0.3, -0.25) is 9.69 Å². The SMILES string of the molecule is COc1ccc(C=C2N=C(SCc3ccccc3C#N)N(c3ccc(Cl)c(OC)c3)C2=O)cc1. The van der Waals surface area contributed by atoms with Gasteiger partial charge in [-0.2, -0.15) is 5.26 Å². The smallest absolute Gasteiger partial charge is 0.283 e. The Bertz CT molecular complexity index is 1330. The number of rotatable bonds is 6. The highest BCUT2D eigenvalue weighted by molar-refractivity contribution is 8.13. The van der Waals surface area contributed by atoms with E-state index in [0.717, 1.165) is 16.9 Å². The summed E-state index contributed by atoms with van der Waals surface area (Å²) in [6, 6.07) is 22.1. The van der Waals surface area contributed by atoms with Crippen LogP contribution in [0.25, 0.3) is 6.08 Å². The third-order valence-corrected chi connectivity index (χ3v) is 6.44. The molecule has 0 bridgehead atoms. The molecule has 0 atom stereocenters. The molecule has 8 heteroatoms. The van der Waals surface area contributed by atoms with Crippen LogP contribution in [-0.4, -0.2) is 25.3 Å². The number of anilines is 1. The lowest BCUT2D eigenvalue weighted by atomic mass is 10.1. The molecule has 1 aliphatic rings. The van der Waals surface area contributed by atoms with E-state index in [2.05, 4.69) is 11.1 Å². The fourth-order valence-corrected chi connectivity index (χ4v) is 4.58. The third kappa shape index (κ3) is 4.93. The summed E-state index contributed by atoms with van der Waals surface area (Å²) in [5.41, 5.74) is 3.17. The molecule has 1 amide bonds. The molecule has 3 aromatic carbocycles. The molecule has 3 aromatic rings. The number of hydrogen-bond acceptors (Lipinski definition) is 6. The van der Waals surface area contributed by atoms with Crippen LogP contribution in [0.15, 0.2) is 77.4 Å². The first-order valence-corrected chi connectivity index (χ1v) is 11.6. The van der Waals surface area contributed by atoms with Gasteiger partial charge in [-0.25, -0.2) is 4.99 Å². The maximum Gasteiger partial charge on any atom is 0.283 e. The average molecular weight is 490 g/mol. The van der Waals surface area contributed by atoms with Crippen LogP contribution in [0, 0.1) is 11.3 Å². The minimum absolute atomic E-state index is 0.267. The number of benzene rings is 3. The van der Waals surface area contributed by atoms with E-state index in [-0.39, 0.29) is 5.91 Å². The van der Waals surface area contributed by atoms with Crippen molar-refractivity contribution in [1.82, 2.24) is 0 Å². The number of aliphatic imine (C=N–C) groups is 1. The highest BCUT2D eigenvalue weighted by Gasteiger charge is 2.32. The molecule has 0 aliphatic carbocycles. The minimum atomic E-state index is -0.267. The number of amides is 1. The zero-order valence-electron chi connectivity index (χ0n) is 18.5. The second kappa shape index (κ2) is 10.5. The molecule has 0 saturated heterocycles. The number of ether oxygens (including phenoxy) is 2. The van der Waals surface area contributed by atoms with Crippen molar-refractivity contribution >= 4 is 46.2 Å².